The first-order valence-corrected chi connectivity index (χ1v) is 7.82. The van der Waals surface area contributed by atoms with E-state index in [1.54, 1.807) is 13.2 Å². The maximum atomic E-state index is 6.20. The highest BCUT2D eigenvalue weighted by molar-refractivity contribution is 6.35. The molecule has 0 aromatic heterocycles. The van der Waals surface area contributed by atoms with Gasteiger partial charge < -0.3 is 10.1 Å². The summed E-state index contributed by atoms with van der Waals surface area (Å²) in [7, 11) is 1.66. The summed E-state index contributed by atoms with van der Waals surface area (Å²) in [6.07, 6.45) is 2.56. The first-order chi connectivity index (χ1) is 9.62. The SMILES string of the molecule is COc1c(Cl)cc(Cl)cc1CN1CCC2(CCNC2)C1.Cl. The third-order valence-electron chi connectivity index (χ3n) is 4.53. The lowest BCUT2D eigenvalue weighted by Gasteiger charge is -2.23. The standard InChI is InChI=1S/C15H20Cl2N2O.ClH/c1-20-14-11(6-12(16)7-13(14)17)8-19-5-3-15(10-19)2-4-18-9-15;/h6-7,18H,2-5,8-10H2,1H3;1H. The quantitative estimate of drug-likeness (QED) is 0.900. The molecule has 1 aromatic rings. The zero-order valence-electron chi connectivity index (χ0n) is 12.1. The van der Waals surface area contributed by atoms with Crippen LogP contribution in [0.25, 0.3) is 0 Å². The molecule has 2 saturated heterocycles. The molecule has 0 saturated carbocycles. The van der Waals surface area contributed by atoms with Crippen LogP contribution in [0.4, 0.5) is 0 Å². The van der Waals surface area contributed by atoms with Crippen LogP contribution in [0.2, 0.25) is 10.0 Å². The summed E-state index contributed by atoms with van der Waals surface area (Å²) in [6.45, 7) is 5.44. The highest BCUT2D eigenvalue weighted by atomic mass is 35.5. The van der Waals surface area contributed by atoms with Gasteiger partial charge in [-0.25, -0.2) is 0 Å². The molecule has 2 heterocycles. The number of ether oxygens (including phenoxy) is 1. The molecule has 0 radical (unpaired) electrons. The van der Waals surface area contributed by atoms with Crippen LogP contribution in [0.15, 0.2) is 12.1 Å². The van der Waals surface area contributed by atoms with Crippen LogP contribution in [0.5, 0.6) is 5.75 Å². The topological polar surface area (TPSA) is 24.5 Å². The number of methoxy groups -OCH3 is 1. The summed E-state index contributed by atoms with van der Waals surface area (Å²) in [6, 6.07) is 3.70. The number of benzene rings is 1. The van der Waals surface area contributed by atoms with Gasteiger partial charge in [-0.1, -0.05) is 23.2 Å². The average Bonchev–Trinajstić information content (AvgIpc) is 3.00. The molecule has 118 valence electrons. The Bertz CT molecular complexity index is 504. The van der Waals surface area contributed by atoms with Crippen molar-refractivity contribution in [3.8, 4) is 5.75 Å². The van der Waals surface area contributed by atoms with Crippen molar-refractivity contribution in [2.75, 3.05) is 33.3 Å². The fraction of sp³-hybridized carbons (Fsp3) is 0.600. The highest BCUT2D eigenvalue weighted by Gasteiger charge is 2.40. The Morgan fingerprint density at radius 1 is 1.33 bits per heavy atom. The number of hydrogen-bond acceptors (Lipinski definition) is 3. The molecule has 2 aliphatic rings. The second kappa shape index (κ2) is 6.93. The summed E-state index contributed by atoms with van der Waals surface area (Å²) in [5, 5.41) is 4.74. The number of likely N-dealkylation sites (tertiary alicyclic amines) is 1. The number of nitrogens with zero attached hydrogens (tertiary/aromatic N) is 1. The smallest absolute Gasteiger partial charge is 0.142 e. The first kappa shape index (κ1) is 17.2. The molecule has 1 unspecified atom stereocenters. The molecule has 0 amide bonds. The molecule has 1 spiro atoms. The first-order valence-electron chi connectivity index (χ1n) is 7.07. The molecule has 2 fully saturated rings. The zero-order valence-corrected chi connectivity index (χ0v) is 14.5. The second-order valence-electron chi connectivity index (χ2n) is 5.97. The second-order valence-corrected chi connectivity index (χ2v) is 6.81. The normalized spacial score (nSPS) is 25.3. The summed E-state index contributed by atoms with van der Waals surface area (Å²) in [5.41, 5.74) is 1.56. The van der Waals surface area contributed by atoms with Crippen LogP contribution in [0, 0.1) is 5.41 Å². The van der Waals surface area contributed by atoms with Gasteiger partial charge in [0.2, 0.25) is 0 Å². The molecule has 3 rings (SSSR count). The van der Waals surface area contributed by atoms with Crippen molar-refractivity contribution in [3.63, 3.8) is 0 Å². The van der Waals surface area contributed by atoms with E-state index >= 15 is 0 Å². The van der Waals surface area contributed by atoms with E-state index in [1.807, 2.05) is 6.07 Å². The molecule has 3 nitrogen and oxygen atoms in total. The van der Waals surface area contributed by atoms with Gasteiger partial charge in [-0.2, -0.15) is 0 Å². The average molecular weight is 352 g/mol. The van der Waals surface area contributed by atoms with Crippen molar-refractivity contribution >= 4 is 35.6 Å². The predicted octanol–water partition coefficient (Wildman–Crippen LogP) is 3.61. The van der Waals surface area contributed by atoms with Crippen molar-refractivity contribution in [3.05, 3.63) is 27.7 Å². The van der Waals surface area contributed by atoms with Gasteiger partial charge in [0.1, 0.15) is 5.75 Å². The summed E-state index contributed by atoms with van der Waals surface area (Å²) >= 11 is 12.3. The lowest BCUT2D eigenvalue weighted by molar-refractivity contribution is 0.265. The fourth-order valence-corrected chi connectivity index (χ4v) is 4.12. The lowest BCUT2D eigenvalue weighted by Crippen LogP contribution is -2.29. The molecular weight excluding hydrogens is 331 g/mol. The van der Waals surface area contributed by atoms with E-state index in [0.717, 1.165) is 44.0 Å². The highest BCUT2D eigenvalue weighted by Crippen LogP contribution is 2.38. The minimum absolute atomic E-state index is 0. The minimum atomic E-state index is 0. The van der Waals surface area contributed by atoms with E-state index in [0.29, 0.717) is 15.5 Å². The van der Waals surface area contributed by atoms with Crippen LogP contribution >= 0.6 is 35.6 Å². The summed E-state index contributed by atoms with van der Waals surface area (Å²) in [5.74, 6) is 0.751. The molecule has 0 aliphatic carbocycles. The van der Waals surface area contributed by atoms with Gasteiger partial charge in [-0.05, 0) is 43.5 Å². The van der Waals surface area contributed by atoms with Crippen molar-refractivity contribution in [1.29, 1.82) is 0 Å². The van der Waals surface area contributed by atoms with Gasteiger partial charge >= 0.3 is 0 Å². The lowest BCUT2D eigenvalue weighted by atomic mass is 9.86. The molecule has 6 heteroatoms. The maximum absolute atomic E-state index is 6.20. The van der Waals surface area contributed by atoms with Gasteiger partial charge in [0, 0.05) is 30.2 Å². The Hall–Kier alpha value is -0.190. The van der Waals surface area contributed by atoms with Gasteiger partial charge in [-0.3, -0.25) is 4.90 Å². The van der Waals surface area contributed by atoms with Crippen LogP contribution in [-0.2, 0) is 6.54 Å². The summed E-state index contributed by atoms with van der Waals surface area (Å²) < 4.78 is 5.43. The molecule has 21 heavy (non-hydrogen) atoms. The Morgan fingerprint density at radius 2 is 2.14 bits per heavy atom. The predicted molar refractivity (Wildman–Crippen MR) is 90.1 cm³/mol. The van der Waals surface area contributed by atoms with E-state index in [9.17, 15) is 0 Å². The van der Waals surface area contributed by atoms with Crippen LogP contribution in [0.1, 0.15) is 18.4 Å². The third kappa shape index (κ3) is 3.59. The van der Waals surface area contributed by atoms with Gasteiger partial charge in [0.25, 0.3) is 0 Å². The maximum Gasteiger partial charge on any atom is 0.142 e. The van der Waals surface area contributed by atoms with E-state index in [4.69, 9.17) is 27.9 Å². The van der Waals surface area contributed by atoms with Crippen molar-refractivity contribution < 1.29 is 4.74 Å². The molecule has 1 aromatic carbocycles. The van der Waals surface area contributed by atoms with Crippen LogP contribution in [0.3, 0.4) is 0 Å². The Morgan fingerprint density at radius 3 is 2.81 bits per heavy atom. The molecular formula is C15H21Cl3N2O. The molecule has 2 aliphatic heterocycles. The van der Waals surface area contributed by atoms with E-state index in [2.05, 4.69) is 10.2 Å². The van der Waals surface area contributed by atoms with Crippen LogP contribution < -0.4 is 10.1 Å². The number of nitrogens with one attached hydrogen (secondary N) is 1. The molecule has 0 bridgehead atoms. The van der Waals surface area contributed by atoms with Crippen LogP contribution in [-0.4, -0.2) is 38.2 Å². The van der Waals surface area contributed by atoms with Gasteiger partial charge in [-0.15, -0.1) is 12.4 Å². The van der Waals surface area contributed by atoms with E-state index in [1.165, 1.54) is 12.8 Å². The minimum Gasteiger partial charge on any atom is -0.495 e. The van der Waals surface area contributed by atoms with E-state index in [-0.39, 0.29) is 12.4 Å². The van der Waals surface area contributed by atoms with Crippen molar-refractivity contribution in [2.45, 2.75) is 19.4 Å². The summed E-state index contributed by atoms with van der Waals surface area (Å²) in [4.78, 5) is 2.48. The third-order valence-corrected chi connectivity index (χ3v) is 5.03. The van der Waals surface area contributed by atoms with E-state index < -0.39 is 0 Å². The van der Waals surface area contributed by atoms with Gasteiger partial charge in [0.05, 0.1) is 12.1 Å². The van der Waals surface area contributed by atoms with Gasteiger partial charge in [0.15, 0.2) is 0 Å². The Kier molecular flexibility index (Phi) is 5.66. The Labute approximate surface area is 142 Å². The largest absolute Gasteiger partial charge is 0.495 e. The van der Waals surface area contributed by atoms with Crippen molar-refractivity contribution in [2.24, 2.45) is 5.41 Å². The number of halogens is 3. The fourth-order valence-electron chi connectivity index (χ4n) is 3.51. The number of hydrogen-bond donors (Lipinski definition) is 1. The molecule has 1 atom stereocenters. The monoisotopic (exact) mass is 350 g/mol. The number of rotatable bonds is 3. The zero-order chi connectivity index (χ0) is 14.2. The molecule has 1 N–H and O–H groups in total. The Balaban J connectivity index is 0.00000161. The van der Waals surface area contributed by atoms with Crippen molar-refractivity contribution in [1.82, 2.24) is 10.2 Å².